The molecule has 2 aliphatic rings. The summed E-state index contributed by atoms with van der Waals surface area (Å²) in [6.07, 6.45) is 5.98. The molecule has 3 heterocycles. The van der Waals surface area contributed by atoms with Crippen molar-refractivity contribution >= 4 is 23.2 Å². The van der Waals surface area contributed by atoms with E-state index in [0.717, 1.165) is 17.9 Å². The minimum absolute atomic E-state index is 0.161. The number of aromatic nitrogens is 2. The van der Waals surface area contributed by atoms with Crippen LogP contribution in [0.3, 0.4) is 0 Å². The molecule has 6 heteroatoms. The van der Waals surface area contributed by atoms with E-state index in [0.29, 0.717) is 17.9 Å². The number of pyridine rings is 1. The quantitative estimate of drug-likeness (QED) is 0.836. The minimum Gasteiger partial charge on any atom is -0.344 e. The van der Waals surface area contributed by atoms with Crippen LogP contribution in [0.15, 0.2) is 29.4 Å². The maximum Gasteiger partial charge on any atom is 0.224 e. The molecule has 0 bridgehead atoms. The van der Waals surface area contributed by atoms with Gasteiger partial charge in [0.2, 0.25) is 5.91 Å². The molecule has 2 aromatic heterocycles. The van der Waals surface area contributed by atoms with Crippen molar-refractivity contribution in [2.45, 2.75) is 37.2 Å². The Morgan fingerprint density at radius 2 is 2.29 bits per heavy atom. The maximum absolute atomic E-state index is 12.8. The van der Waals surface area contributed by atoms with Crippen LogP contribution in [0.25, 0.3) is 5.52 Å². The summed E-state index contributed by atoms with van der Waals surface area (Å²) in [5.41, 5.74) is 0.581. The van der Waals surface area contributed by atoms with Crippen LogP contribution in [0, 0.1) is 17.8 Å². The van der Waals surface area contributed by atoms with E-state index in [1.807, 2.05) is 32.3 Å². The number of fused-ring (bicyclic) bond motifs is 2. The van der Waals surface area contributed by atoms with Crippen molar-refractivity contribution in [3.63, 3.8) is 0 Å². The number of carbonyl (C=O) groups excluding carboxylic acids is 1. The highest BCUT2D eigenvalue weighted by molar-refractivity contribution is 7.98. The second kappa shape index (κ2) is 5.49. The van der Waals surface area contributed by atoms with Crippen LogP contribution in [-0.2, 0) is 10.3 Å². The van der Waals surface area contributed by atoms with E-state index in [2.05, 4.69) is 39.3 Å². The van der Waals surface area contributed by atoms with Gasteiger partial charge in [0.1, 0.15) is 5.82 Å². The first-order valence-electron chi connectivity index (χ1n) is 8.50. The number of piperidine rings is 1. The number of nitrogens with zero attached hydrogens (tertiary/aromatic N) is 2. The molecule has 4 unspecified atom stereocenters. The fourth-order valence-corrected chi connectivity index (χ4v) is 4.83. The van der Waals surface area contributed by atoms with Gasteiger partial charge in [-0.05, 0) is 57.5 Å². The summed E-state index contributed by atoms with van der Waals surface area (Å²) in [5, 5.41) is 6.67. The van der Waals surface area contributed by atoms with Gasteiger partial charge in [-0.2, -0.15) is 0 Å². The van der Waals surface area contributed by atoms with E-state index in [1.54, 1.807) is 11.8 Å². The third kappa shape index (κ3) is 2.35. The zero-order valence-electron chi connectivity index (χ0n) is 14.5. The molecule has 0 radical (unpaired) electrons. The highest BCUT2D eigenvalue weighted by Gasteiger charge is 2.60. The molecule has 5 nitrogen and oxygen atoms in total. The monoisotopic (exact) mass is 344 g/mol. The summed E-state index contributed by atoms with van der Waals surface area (Å²) in [4.78, 5) is 18.6. The third-order valence-electron chi connectivity index (χ3n) is 5.53. The molecule has 4 rings (SSSR count). The summed E-state index contributed by atoms with van der Waals surface area (Å²) >= 11 is 1.71. The Bertz CT molecular complexity index is 799. The lowest BCUT2D eigenvalue weighted by atomic mass is 10.0. The average molecular weight is 344 g/mol. The van der Waals surface area contributed by atoms with Gasteiger partial charge in [-0.1, -0.05) is 0 Å². The van der Waals surface area contributed by atoms with Gasteiger partial charge >= 0.3 is 0 Å². The lowest BCUT2D eigenvalue weighted by molar-refractivity contribution is -0.125. The lowest BCUT2D eigenvalue weighted by Gasteiger charge is -2.26. The number of imidazole rings is 1. The standard InChI is InChI=1S/C18H24N4OS/c1-10-14-11(8-19-10)15(14)16(23)21-18(2,3)17-20-9-12-13(24-4)6-5-7-22(12)17/h5-7,9-11,14-15,19H,8H2,1-4H3,(H,21,23). The topological polar surface area (TPSA) is 58.4 Å². The Kier molecular flexibility index (Phi) is 3.65. The second-order valence-corrected chi connectivity index (χ2v) is 8.34. The number of amides is 1. The first-order valence-corrected chi connectivity index (χ1v) is 9.72. The number of rotatable bonds is 4. The number of hydrogen-bond acceptors (Lipinski definition) is 4. The van der Waals surface area contributed by atoms with Crippen molar-refractivity contribution in [2.24, 2.45) is 17.8 Å². The molecule has 1 saturated heterocycles. The molecule has 24 heavy (non-hydrogen) atoms. The number of hydrogen-bond donors (Lipinski definition) is 2. The molecule has 1 aliphatic carbocycles. The Labute approximate surface area is 146 Å². The van der Waals surface area contributed by atoms with Crippen molar-refractivity contribution < 1.29 is 4.79 Å². The summed E-state index contributed by atoms with van der Waals surface area (Å²) < 4.78 is 2.09. The van der Waals surface area contributed by atoms with Gasteiger partial charge in [-0.15, -0.1) is 11.8 Å². The minimum atomic E-state index is -0.506. The van der Waals surface area contributed by atoms with Crippen molar-refractivity contribution in [1.82, 2.24) is 20.0 Å². The van der Waals surface area contributed by atoms with Crippen LogP contribution in [0.2, 0.25) is 0 Å². The van der Waals surface area contributed by atoms with Crippen LogP contribution in [0.5, 0.6) is 0 Å². The number of carbonyl (C=O) groups is 1. The van der Waals surface area contributed by atoms with E-state index < -0.39 is 5.54 Å². The largest absolute Gasteiger partial charge is 0.344 e. The molecule has 1 aliphatic heterocycles. The first-order chi connectivity index (χ1) is 11.4. The summed E-state index contributed by atoms with van der Waals surface area (Å²) in [7, 11) is 0. The predicted octanol–water partition coefficient (Wildman–Crippen LogP) is 2.26. The molecular formula is C18H24N4OS. The van der Waals surface area contributed by atoms with Gasteiger partial charge in [-0.3, -0.25) is 4.79 Å². The second-order valence-electron chi connectivity index (χ2n) is 7.49. The molecule has 0 spiro atoms. The molecular weight excluding hydrogens is 320 g/mol. The Hall–Kier alpha value is -1.53. The van der Waals surface area contributed by atoms with E-state index in [9.17, 15) is 4.79 Å². The van der Waals surface area contributed by atoms with Crippen LogP contribution in [0.4, 0.5) is 0 Å². The maximum atomic E-state index is 12.8. The van der Waals surface area contributed by atoms with E-state index in [4.69, 9.17) is 0 Å². The van der Waals surface area contributed by atoms with Gasteiger partial charge in [0.15, 0.2) is 0 Å². The highest BCUT2D eigenvalue weighted by Crippen LogP contribution is 2.52. The Balaban J connectivity index is 1.58. The molecule has 2 N–H and O–H groups in total. The smallest absolute Gasteiger partial charge is 0.224 e. The first kappa shape index (κ1) is 16.0. The average Bonchev–Trinajstić information content (AvgIpc) is 2.88. The fourth-order valence-electron chi connectivity index (χ4n) is 4.25. The number of thioether (sulfide) groups is 1. The Morgan fingerprint density at radius 3 is 2.96 bits per heavy atom. The molecule has 2 fully saturated rings. The molecule has 1 saturated carbocycles. The summed E-state index contributed by atoms with van der Waals surface area (Å²) in [6, 6.07) is 4.57. The normalized spacial score (nSPS) is 28.8. The molecule has 1 amide bonds. The zero-order valence-corrected chi connectivity index (χ0v) is 15.4. The van der Waals surface area contributed by atoms with Crippen molar-refractivity contribution in [2.75, 3.05) is 12.8 Å². The third-order valence-corrected chi connectivity index (χ3v) is 6.32. The summed E-state index contributed by atoms with van der Waals surface area (Å²) in [5.74, 6) is 2.21. The molecule has 4 atom stereocenters. The molecule has 2 aromatic rings. The van der Waals surface area contributed by atoms with Gasteiger partial charge in [0, 0.05) is 23.1 Å². The van der Waals surface area contributed by atoms with E-state index in [1.165, 1.54) is 4.90 Å². The van der Waals surface area contributed by atoms with Crippen molar-refractivity contribution in [1.29, 1.82) is 0 Å². The van der Waals surface area contributed by atoms with Crippen LogP contribution >= 0.6 is 11.8 Å². The van der Waals surface area contributed by atoms with Gasteiger partial charge < -0.3 is 15.0 Å². The van der Waals surface area contributed by atoms with Gasteiger partial charge in [-0.25, -0.2) is 4.98 Å². The Morgan fingerprint density at radius 1 is 1.50 bits per heavy atom. The van der Waals surface area contributed by atoms with Gasteiger partial charge in [0.25, 0.3) is 0 Å². The van der Waals surface area contributed by atoms with E-state index in [-0.39, 0.29) is 11.8 Å². The van der Waals surface area contributed by atoms with Gasteiger partial charge in [0.05, 0.1) is 17.3 Å². The van der Waals surface area contributed by atoms with E-state index >= 15 is 0 Å². The van der Waals surface area contributed by atoms with Crippen LogP contribution in [0.1, 0.15) is 26.6 Å². The SMILES string of the molecule is CSc1cccn2c(C(C)(C)NC(=O)C3C4CNC(C)C43)ncc12. The zero-order chi connectivity index (χ0) is 17.1. The van der Waals surface area contributed by atoms with Crippen LogP contribution < -0.4 is 10.6 Å². The summed E-state index contributed by atoms with van der Waals surface area (Å²) in [6.45, 7) is 7.21. The van der Waals surface area contributed by atoms with Crippen LogP contribution in [-0.4, -0.2) is 34.1 Å². The fraction of sp³-hybridized carbons (Fsp3) is 0.556. The van der Waals surface area contributed by atoms with Crippen molar-refractivity contribution in [3.8, 4) is 0 Å². The predicted molar refractivity (Wildman–Crippen MR) is 96.1 cm³/mol. The lowest BCUT2D eigenvalue weighted by Crippen LogP contribution is -2.44. The highest BCUT2D eigenvalue weighted by atomic mass is 32.2. The number of nitrogens with one attached hydrogen (secondary N) is 2. The van der Waals surface area contributed by atoms with Crippen molar-refractivity contribution in [3.05, 3.63) is 30.4 Å². The molecule has 0 aromatic carbocycles. The molecule has 128 valence electrons.